The van der Waals surface area contributed by atoms with Gasteiger partial charge in [0.05, 0.1) is 24.3 Å². The minimum Gasteiger partial charge on any atom is -0.372 e. The second-order valence-corrected chi connectivity index (χ2v) is 3.74. The molecule has 0 aliphatic carbocycles. The van der Waals surface area contributed by atoms with Gasteiger partial charge in [-0.25, -0.2) is 9.97 Å². The van der Waals surface area contributed by atoms with Crippen molar-refractivity contribution in [2.75, 3.05) is 17.7 Å². The van der Waals surface area contributed by atoms with Gasteiger partial charge >= 0.3 is 0 Å². The largest absolute Gasteiger partial charge is 0.372 e. The normalized spacial score (nSPS) is 9.89. The van der Waals surface area contributed by atoms with Crippen LogP contribution in [-0.2, 0) is 0 Å². The second-order valence-electron chi connectivity index (χ2n) is 3.74. The maximum absolute atomic E-state index is 11.9. The quantitative estimate of drug-likeness (QED) is 0.853. The number of pyridine rings is 1. The zero-order chi connectivity index (χ0) is 13.0. The Hall–Kier alpha value is -2.50. The molecule has 0 fully saturated rings. The van der Waals surface area contributed by atoms with Gasteiger partial charge in [0, 0.05) is 13.2 Å². The number of nitrogens with zero attached hydrogens (tertiary/aromatic N) is 3. The molecule has 2 heterocycles. The molecule has 6 nitrogen and oxygen atoms in total. The first kappa shape index (κ1) is 12.0. The molecule has 0 aromatic carbocycles. The summed E-state index contributed by atoms with van der Waals surface area (Å²) in [4.78, 5) is 23.9. The number of carbonyl (C=O) groups is 1. The number of amides is 1. The highest BCUT2D eigenvalue weighted by atomic mass is 16.1. The molecule has 2 aromatic rings. The fourth-order valence-electron chi connectivity index (χ4n) is 1.39. The van der Waals surface area contributed by atoms with Crippen LogP contribution in [0.3, 0.4) is 0 Å². The van der Waals surface area contributed by atoms with Crippen LogP contribution in [0, 0.1) is 6.92 Å². The number of carbonyl (C=O) groups excluding carboxylic acids is 1. The molecular weight excluding hydrogens is 230 g/mol. The van der Waals surface area contributed by atoms with Crippen molar-refractivity contribution in [1.29, 1.82) is 0 Å². The van der Waals surface area contributed by atoms with Gasteiger partial charge in [-0.15, -0.1) is 0 Å². The van der Waals surface area contributed by atoms with E-state index in [0.717, 1.165) is 5.56 Å². The third kappa shape index (κ3) is 2.79. The average molecular weight is 243 g/mol. The van der Waals surface area contributed by atoms with Crippen LogP contribution in [-0.4, -0.2) is 27.9 Å². The standard InChI is InChI=1S/C12H13N5O/c1-8-3-9(5-14-4-8)17-12(18)10-6-16-11(13-2)7-15-10/h3-7H,1-2H3,(H,13,16)(H,17,18). The molecule has 0 saturated heterocycles. The number of hydrogen-bond donors (Lipinski definition) is 2. The van der Waals surface area contributed by atoms with Crippen molar-refractivity contribution in [3.05, 3.63) is 42.1 Å². The second kappa shape index (κ2) is 5.22. The van der Waals surface area contributed by atoms with Gasteiger partial charge in [0.15, 0.2) is 0 Å². The van der Waals surface area contributed by atoms with Crippen LogP contribution in [0.25, 0.3) is 0 Å². The zero-order valence-corrected chi connectivity index (χ0v) is 10.1. The highest BCUT2D eigenvalue weighted by Crippen LogP contribution is 2.09. The van der Waals surface area contributed by atoms with Crippen LogP contribution < -0.4 is 10.6 Å². The van der Waals surface area contributed by atoms with Crippen LogP contribution in [0.15, 0.2) is 30.9 Å². The van der Waals surface area contributed by atoms with Crippen LogP contribution in [0.1, 0.15) is 16.1 Å². The van der Waals surface area contributed by atoms with Gasteiger partial charge in [-0.2, -0.15) is 0 Å². The first-order valence-electron chi connectivity index (χ1n) is 5.42. The van der Waals surface area contributed by atoms with Crippen LogP contribution in [0.2, 0.25) is 0 Å². The Labute approximate surface area is 105 Å². The number of aromatic nitrogens is 3. The zero-order valence-electron chi connectivity index (χ0n) is 10.1. The summed E-state index contributed by atoms with van der Waals surface area (Å²) in [5, 5.41) is 5.55. The number of nitrogens with one attached hydrogen (secondary N) is 2. The summed E-state index contributed by atoms with van der Waals surface area (Å²) < 4.78 is 0. The van der Waals surface area contributed by atoms with Gasteiger partial charge in [-0.05, 0) is 18.6 Å². The molecule has 0 spiro atoms. The molecule has 0 aliphatic heterocycles. The van der Waals surface area contributed by atoms with Crippen molar-refractivity contribution in [3.8, 4) is 0 Å². The molecule has 2 N–H and O–H groups in total. The lowest BCUT2D eigenvalue weighted by molar-refractivity contribution is 0.102. The average Bonchev–Trinajstić information content (AvgIpc) is 2.39. The Bertz CT molecular complexity index is 553. The van der Waals surface area contributed by atoms with E-state index in [1.165, 1.54) is 12.4 Å². The highest BCUT2D eigenvalue weighted by Gasteiger charge is 2.08. The summed E-state index contributed by atoms with van der Waals surface area (Å²) in [5.74, 6) is 0.307. The minimum atomic E-state index is -0.308. The smallest absolute Gasteiger partial charge is 0.275 e. The summed E-state index contributed by atoms with van der Waals surface area (Å²) in [6.45, 7) is 1.91. The Morgan fingerprint density at radius 2 is 2.00 bits per heavy atom. The number of rotatable bonds is 3. The van der Waals surface area contributed by atoms with Gasteiger partial charge in [0.25, 0.3) is 5.91 Å². The van der Waals surface area contributed by atoms with E-state index in [4.69, 9.17) is 0 Å². The van der Waals surface area contributed by atoms with Crippen molar-refractivity contribution in [2.24, 2.45) is 0 Å². The molecule has 0 bridgehead atoms. The summed E-state index contributed by atoms with van der Waals surface area (Å²) in [6, 6.07) is 1.83. The lowest BCUT2D eigenvalue weighted by Crippen LogP contribution is -2.14. The Morgan fingerprint density at radius 3 is 2.61 bits per heavy atom. The van der Waals surface area contributed by atoms with Crippen LogP contribution in [0.5, 0.6) is 0 Å². The molecule has 0 radical (unpaired) electrons. The molecule has 0 saturated carbocycles. The molecule has 0 atom stereocenters. The van der Waals surface area contributed by atoms with Gasteiger partial charge < -0.3 is 10.6 Å². The highest BCUT2D eigenvalue weighted by molar-refractivity contribution is 6.02. The third-order valence-corrected chi connectivity index (χ3v) is 2.27. The van der Waals surface area contributed by atoms with E-state index < -0.39 is 0 Å². The summed E-state index contributed by atoms with van der Waals surface area (Å²) in [6.07, 6.45) is 6.23. The van der Waals surface area contributed by atoms with Crippen molar-refractivity contribution in [3.63, 3.8) is 0 Å². The first-order chi connectivity index (χ1) is 8.69. The molecule has 2 rings (SSSR count). The number of hydrogen-bond acceptors (Lipinski definition) is 5. The summed E-state index contributed by atoms with van der Waals surface area (Å²) in [7, 11) is 1.74. The lowest BCUT2D eigenvalue weighted by Gasteiger charge is -2.05. The van der Waals surface area contributed by atoms with Gasteiger partial charge in [-0.1, -0.05) is 0 Å². The van der Waals surface area contributed by atoms with E-state index in [9.17, 15) is 4.79 Å². The molecule has 18 heavy (non-hydrogen) atoms. The van der Waals surface area contributed by atoms with Crippen molar-refractivity contribution in [1.82, 2.24) is 15.0 Å². The monoisotopic (exact) mass is 243 g/mol. The fraction of sp³-hybridized carbons (Fsp3) is 0.167. The van der Waals surface area contributed by atoms with Gasteiger partial charge in [-0.3, -0.25) is 9.78 Å². The fourth-order valence-corrected chi connectivity index (χ4v) is 1.39. The summed E-state index contributed by atoms with van der Waals surface area (Å²) in [5.41, 5.74) is 1.87. The van der Waals surface area contributed by atoms with E-state index in [1.807, 2.05) is 13.0 Å². The Morgan fingerprint density at radius 1 is 1.17 bits per heavy atom. The summed E-state index contributed by atoms with van der Waals surface area (Å²) >= 11 is 0. The number of aryl methyl sites for hydroxylation is 1. The van der Waals surface area contributed by atoms with Crippen molar-refractivity contribution >= 4 is 17.4 Å². The van der Waals surface area contributed by atoms with E-state index >= 15 is 0 Å². The van der Waals surface area contributed by atoms with Crippen molar-refractivity contribution < 1.29 is 4.79 Å². The lowest BCUT2D eigenvalue weighted by atomic mass is 10.3. The Kier molecular flexibility index (Phi) is 3.47. The van der Waals surface area contributed by atoms with E-state index in [-0.39, 0.29) is 11.6 Å². The maximum atomic E-state index is 11.9. The molecular formula is C12H13N5O. The van der Waals surface area contributed by atoms with Gasteiger partial charge in [0.1, 0.15) is 11.5 Å². The van der Waals surface area contributed by atoms with E-state index in [0.29, 0.717) is 11.5 Å². The number of anilines is 2. The van der Waals surface area contributed by atoms with E-state index in [2.05, 4.69) is 25.6 Å². The molecule has 0 aliphatic rings. The van der Waals surface area contributed by atoms with Crippen LogP contribution >= 0.6 is 0 Å². The molecule has 0 unspecified atom stereocenters. The molecule has 2 aromatic heterocycles. The molecule has 92 valence electrons. The predicted octanol–water partition coefficient (Wildman–Crippen LogP) is 1.47. The predicted molar refractivity (Wildman–Crippen MR) is 68.5 cm³/mol. The Balaban J connectivity index is 2.11. The molecule has 6 heteroatoms. The first-order valence-corrected chi connectivity index (χ1v) is 5.42. The maximum Gasteiger partial charge on any atom is 0.275 e. The SMILES string of the molecule is CNc1cnc(C(=O)Nc2cncc(C)c2)cn1. The van der Waals surface area contributed by atoms with Gasteiger partial charge in [0.2, 0.25) is 0 Å². The molecule has 1 amide bonds. The topological polar surface area (TPSA) is 79.8 Å². The van der Waals surface area contributed by atoms with E-state index in [1.54, 1.807) is 19.4 Å². The van der Waals surface area contributed by atoms with Crippen molar-refractivity contribution in [2.45, 2.75) is 6.92 Å². The third-order valence-electron chi connectivity index (χ3n) is 2.27. The van der Waals surface area contributed by atoms with Crippen LogP contribution in [0.4, 0.5) is 11.5 Å². The minimum absolute atomic E-state index is 0.260.